The van der Waals surface area contributed by atoms with Gasteiger partial charge in [0.2, 0.25) is 0 Å². The molecular formula is C12H16N4O. The summed E-state index contributed by atoms with van der Waals surface area (Å²) in [5.74, 6) is 1.55. The molecule has 0 saturated carbocycles. The zero-order valence-corrected chi connectivity index (χ0v) is 9.81. The topological polar surface area (TPSA) is 63.0 Å². The second kappa shape index (κ2) is 5.89. The Kier molecular flexibility index (Phi) is 3.96. The molecule has 5 heteroatoms. The first-order chi connectivity index (χ1) is 8.38. The fourth-order valence-corrected chi connectivity index (χ4v) is 1.38. The van der Waals surface area contributed by atoms with Crippen LogP contribution in [0.1, 0.15) is 18.9 Å². The molecule has 0 aromatic carbocycles. The van der Waals surface area contributed by atoms with Crippen LogP contribution in [0.3, 0.4) is 0 Å². The number of aromatic nitrogens is 2. The van der Waals surface area contributed by atoms with Gasteiger partial charge in [-0.05, 0) is 12.5 Å². The molecule has 2 aromatic rings. The van der Waals surface area contributed by atoms with Crippen molar-refractivity contribution in [3.05, 3.63) is 36.5 Å². The lowest BCUT2D eigenvalue weighted by Gasteiger charge is -2.06. The summed E-state index contributed by atoms with van der Waals surface area (Å²) < 4.78 is 4.99. The molecule has 90 valence electrons. The summed E-state index contributed by atoms with van der Waals surface area (Å²) >= 11 is 0. The van der Waals surface area contributed by atoms with Gasteiger partial charge in [0.1, 0.15) is 11.6 Å². The molecule has 0 saturated heterocycles. The fourth-order valence-electron chi connectivity index (χ4n) is 1.38. The Labute approximate surface area is 100 Å². The molecule has 0 aliphatic carbocycles. The molecule has 17 heavy (non-hydrogen) atoms. The van der Waals surface area contributed by atoms with Gasteiger partial charge in [0.05, 0.1) is 24.9 Å². The van der Waals surface area contributed by atoms with E-state index in [0.29, 0.717) is 6.54 Å². The van der Waals surface area contributed by atoms with E-state index in [0.717, 1.165) is 30.2 Å². The largest absolute Gasteiger partial charge is 0.472 e. The number of anilines is 2. The SMILES string of the molecule is CCCNc1cncc(NCc2ccoc2)n1. The summed E-state index contributed by atoms with van der Waals surface area (Å²) in [6, 6.07) is 1.92. The molecule has 5 nitrogen and oxygen atoms in total. The van der Waals surface area contributed by atoms with Gasteiger partial charge in [-0.2, -0.15) is 0 Å². The van der Waals surface area contributed by atoms with E-state index in [9.17, 15) is 0 Å². The summed E-state index contributed by atoms with van der Waals surface area (Å²) in [7, 11) is 0. The average Bonchev–Trinajstić information content (AvgIpc) is 2.87. The number of nitrogens with one attached hydrogen (secondary N) is 2. The van der Waals surface area contributed by atoms with Gasteiger partial charge in [0.15, 0.2) is 0 Å². The van der Waals surface area contributed by atoms with E-state index in [1.54, 1.807) is 24.9 Å². The van der Waals surface area contributed by atoms with Gasteiger partial charge in [-0.25, -0.2) is 4.98 Å². The van der Waals surface area contributed by atoms with Crippen LogP contribution in [0.2, 0.25) is 0 Å². The first kappa shape index (κ1) is 11.4. The van der Waals surface area contributed by atoms with Gasteiger partial charge in [-0.15, -0.1) is 0 Å². The lowest BCUT2D eigenvalue weighted by atomic mass is 10.3. The summed E-state index contributed by atoms with van der Waals surface area (Å²) in [6.45, 7) is 3.70. The zero-order valence-electron chi connectivity index (χ0n) is 9.81. The molecule has 0 amide bonds. The Morgan fingerprint density at radius 1 is 1.24 bits per heavy atom. The highest BCUT2D eigenvalue weighted by Crippen LogP contribution is 2.08. The number of nitrogens with zero attached hydrogens (tertiary/aromatic N) is 2. The van der Waals surface area contributed by atoms with Gasteiger partial charge >= 0.3 is 0 Å². The van der Waals surface area contributed by atoms with Crippen molar-refractivity contribution in [2.75, 3.05) is 17.2 Å². The Bertz CT molecular complexity index is 442. The van der Waals surface area contributed by atoms with Crippen molar-refractivity contribution in [1.82, 2.24) is 9.97 Å². The van der Waals surface area contributed by atoms with Gasteiger partial charge in [-0.1, -0.05) is 6.92 Å². The smallest absolute Gasteiger partial charge is 0.147 e. The van der Waals surface area contributed by atoms with E-state index in [1.165, 1.54) is 0 Å². The van der Waals surface area contributed by atoms with Crippen molar-refractivity contribution < 1.29 is 4.42 Å². The Balaban J connectivity index is 1.91. The average molecular weight is 232 g/mol. The molecule has 0 atom stereocenters. The highest BCUT2D eigenvalue weighted by molar-refractivity contribution is 5.41. The standard InChI is InChI=1S/C12H16N4O/c1-2-4-14-11-7-13-8-12(16-11)15-6-10-3-5-17-9-10/h3,5,7-9H,2,4,6H2,1H3,(H2,14,15,16). The predicted molar refractivity (Wildman–Crippen MR) is 66.8 cm³/mol. The third kappa shape index (κ3) is 3.48. The number of hydrogen-bond donors (Lipinski definition) is 2. The predicted octanol–water partition coefficient (Wildman–Crippen LogP) is 2.50. The first-order valence-electron chi connectivity index (χ1n) is 5.69. The zero-order chi connectivity index (χ0) is 11.9. The summed E-state index contributed by atoms with van der Waals surface area (Å²) in [5, 5.41) is 6.39. The van der Waals surface area contributed by atoms with Crippen molar-refractivity contribution in [2.24, 2.45) is 0 Å². The van der Waals surface area contributed by atoms with Crippen molar-refractivity contribution in [3.63, 3.8) is 0 Å². The molecule has 2 heterocycles. The number of hydrogen-bond acceptors (Lipinski definition) is 5. The monoisotopic (exact) mass is 232 g/mol. The number of furan rings is 1. The number of rotatable bonds is 6. The van der Waals surface area contributed by atoms with Crippen LogP contribution in [0, 0.1) is 0 Å². The molecule has 2 aromatic heterocycles. The Hall–Kier alpha value is -2.04. The van der Waals surface area contributed by atoms with Crippen molar-refractivity contribution >= 4 is 11.6 Å². The second-order valence-corrected chi connectivity index (χ2v) is 3.70. The molecule has 2 N–H and O–H groups in total. The van der Waals surface area contributed by atoms with E-state index in [2.05, 4.69) is 27.5 Å². The molecule has 0 fully saturated rings. The minimum atomic E-state index is 0.683. The van der Waals surface area contributed by atoms with Crippen LogP contribution in [0.4, 0.5) is 11.6 Å². The van der Waals surface area contributed by atoms with Crippen LogP contribution in [-0.4, -0.2) is 16.5 Å². The normalized spacial score (nSPS) is 10.2. The van der Waals surface area contributed by atoms with Gasteiger partial charge < -0.3 is 15.1 Å². The van der Waals surface area contributed by atoms with Crippen molar-refractivity contribution in [3.8, 4) is 0 Å². The van der Waals surface area contributed by atoms with Gasteiger partial charge in [0, 0.05) is 18.7 Å². The second-order valence-electron chi connectivity index (χ2n) is 3.70. The molecule has 0 bridgehead atoms. The van der Waals surface area contributed by atoms with Crippen LogP contribution in [-0.2, 0) is 6.54 Å². The molecule has 0 aliphatic rings. The third-order valence-corrected chi connectivity index (χ3v) is 2.24. The molecule has 2 rings (SSSR count). The van der Waals surface area contributed by atoms with Gasteiger partial charge in [0.25, 0.3) is 0 Å². The first-order valence-corrected chi connectivity index (χ1v) is 5.69. The summed E-state index contributed by atoms with van der Waals surface area (Å²) in [4.78, 5) is 8.52. The molecule has 0 spiro atoms. The quantitative estimate of drug-likeness (QED) is 0.801. The van der Waals surface area contributed by atoms with Crippen LogP contribution in [0.15, 0.2) is 35.4 Å². The maximum atomic E-state index is 4.99. The van der Waals surface area contributed by atoms with E-state index >= 15 is 0 Å². The van der Waals surface area contributed by atoms with E-state index in [-0.39, 0.29) is 0 Å². The van der Waals surface area contributed by atoms with Crippen LogP contribution < -0.4 is 10.6 Å². The Morgan fingerprint density at radius 3 is 2.76 bits per heavy atom. The van der Waals surface area contributed by atoms with Crippen LogP contribution in [0.25, 0.3) is 0 Å². The molecule has 0 radical (unpaired) electrons. The van der Waals surface area contributed by atoms with Crippen molar-refractivity contribution in [1.29, 1.82) is 0 Å². The van der Waals surface area contributed by atoms with Gasteiger partial charge in [-0.3, -0.25) is 4.98 Å². The highest BCUT2D eigenvalue weighted by Gasteiger charge is 1.99. The fraction of sp³-hybridized carbons (Fsp3) is 0.333. The van der Waals surface area contributed by atoms with E-state index in [1.807, 2.05) is 6.07 Å². The maximum absolute atomic E-state index is 4.99. The summed E-state index contributed by atoms with van der Waals surface area (Å²) in [5.41, 5.74) is 1.08. The lowest BCUT2D eigenvalue weighted by molar-refractivity contribution is 0.564. The minimum absolute atomic E-state index is 0.683. The maximum Gasteiger partial charge on any atom is 0.147 e. The molecular weight excluding hydrogens is 216 g/mol. The van der Waals surface area contributed by atoms with Crippen LogP contribution >= 0.6 is 0 Å². The van der Waals surface area contributed by atoms with E-state index in [4.69, 9.17) is 4.42 Å². The third-order valence-electron chi connectivity index (χ3n) is 2.24. The highest BCUT2D eigenvalue weighted by atomic mass is 16.3. The molecule has 0 aliphatic heterocycles. The van der Waals surface area contributed by atoms with Crippen LogP contribution in [0.5, 0.6) is 0 Å². The van der Waals surface area contributed by atoms with E-state index < -0.39 is 0 Å². The van der Waals surface area contributed by atoms with Crippen molar-refractivity contribution in [2.45, 2.75) is 19.9 Å². The Morgan fingerprint density at radius 2 is 2.06 bits per heavy atom. The molecule has 0 unspecified atom stereocenters. The lowest BCUT2D eigenvalue weighted by Crippen LogP contribution is -2.06. The summed E-state index contributed by atoms with van der Waals surface area (Å²) in [6.07, 6.45) is 7.85. The minimum Gasteiger partial charge on any atom is -0.472 e.